The molecule has 18 heavy (non-hydrogen) atoms. The number of hydrogen-bond acceptors (Lipinski definition) is 0. The maximum absolute atomic E-state index is 4.21. The first-order valence-corrected chi connectivity index (χ1v) is 6.08. The van der Waals surface area contributed by atoms with Gasteiger partial charge in [0.1, 0.15) is 0 Å². The van der Waals surface area contributed by atoms with E-state index in [4.69, 9.17) is 0 Å². The molecular weight excluding hydrogens is 218 g/mol. The lowest BCUT2D eigenvalue weighted by Crippen LogP contribution is -1.95. The van der Waals surface area contributed by atoms with Crippen LogP contribution in [0, 0.1) is 6.92 Å². The Balaban J connectivity index is 2.09. The van der Waals surface area contributed by atoms with Crippen molar-refractivity contribution in [1.82, 2.24) is 4.57 Å². The van der Waals surface area contributed by atoms with Crippen molar-refractivity contribution in [3.63, 3.8) is 0 Å². The molecule has 0 unspecified atom stereocenters. The third-order valence-electron chi connectivity index (χ3n) is 3.28. The van der Waals surface area contributed by atoms with Gasteiger partial charge in [-0.15, -0.1) is 0 Å². The van der Waals surface area contributed by atoms with Crippen molar-refractivity contribution in [3.05, 3.63) is 78.5 Å². The first-order chi connectivity index (χ1) is 8.75. The molecule has 3 rings (SSSR count). The normalized spacial score (nSPS) is 10.7. The van der Waals surface area contributed by atoms with Gasteiger partial charge in [0, 0.05) is 11.9 Å². The highest BCUT2D eigenvalue weighted by Gasteiger charge is 2.05. The van der Waals surface area contributed by atoms with Gasteiger partial charge in [-0.25, -0.2) is 0 Å². The molecule has 0 spiro atoms. The lowest BCUT2D eigenvalue weighted by atomic mass is 10.1. The fourth-order valence-corrected chi connectivity index (χ4v) is 2.20. The molecule has 1 heteroatoms. The molecule has 2 aromatic carbocycles. The molecule has 0 aliphatic heterocycles. The second-order valence-electron chi connectivity index (χ2n) is 4.56. The van der Waals surface area contributed by atoms with Gasteiger partial charge in [-0.1, -0.05) is 54.6 Å². The van der Waals surface area contributed by atoms with Crippen molar-refractivity contribution in [2.75, 3.05) is 0 Å². The van der Waals surface area contributed by atoms with Gasteiger partial charge in [0.25, 0.3) is 0 Å². The first kappa shape index (κ1) is 10.8. The fraction of sp³-hybridized carbons (Fsp3) is 0.0588. The van der Waals surface area contributed by atoms with Gasteiger partial charge in [0.2, 0.25) is 0 Å². The third-order valence-corrected chi connectivity index (χ3v) is 3.28. The van der Waals surface area contributed by atoms with Gasteiger partial charge in [0.15, 0.2) is 0 Å². The molecule has 3 aromatic rings. The molecule has 0 N–H and O–H groups in total. The van der Waals surface area contributed by atoms with Crippen LogP contribution in [0.2, 0.25) is 0 Å². The van der Waals surface area contributed by atoms with E-state index >= 15 is 0 Å². The minimum absolute atomic E-state index is 1.01. The first-order valence-electron chi connectivity index (χ1n) is 6.08. The van der Waals surface area contributed by atoms with Crippen molar-refractivity contribution >= 4 is 16.6 Å². The minimum atomic E-state index is 1.01. The van der Waals surface area contributed by atoms with Crippen LogP contribution in [0.3, 0.4) is 0 Å². The number of hydrogen-bond donors (Lipinski definition) is 0. The predicted octanol–water partition coefficient (Wildman–Crippen LogP) is 4.47. The van der Waals surface area contributed by atoms with Crippen LogP contribution in [0.25, 0.3) is 16.6 Å². The number of aromatic nitrogens is 1. The quantitative estimate of drug-likeness (QED) is 0.615. The Morgan fingerprint density at radius 2 is 1.67 bits per heavy atom. The molecule has 1 nitrogen and oxygen atoms in total. The molecule has 0 saturated heterocycles. The van der Waals surface area contributed by atoms with Gasteiger partial charge in [-0.2, -0.15) is 0 Å². The summed E-state index contributed by atoms with van der Waals surface area (Å²) in [7, 11) is 0. The maximum Gasteiger partial charge on any atom is 0.0528 e. The molecule has 88 valence electrons. The Bertz CT molecular complexity index is 702. The highest BCUT2D eigenvalue weighted by atomic mass is 15.0. The van der Waals surface area contributed by atoms with Crippen molar-refractivity contribution in [1.29, 1.82) is 0 Å². The molecule has 1 heterocycles. The highest BCUT2D eigenvalue weighted by Crippen LogP contribution is 2.23. The largest absolute Gasteiger partial charge is 0.317 e. The lowest BCUT2D eigenvalue weighted by Gasteiger charge is -2.09. The van der Waals surface area contributed by atoms with E-state index in [9.17, 15) is 0 Å². The summed E-state index contributed by atoms with van der Waals surface area (Å²) in [5, 5.41) is 1.24. The highest BCUT2D eigenvalue weighted by molar-refractivity contribution is 5.85. The van der Waals surface area contributed by atoms with Crippen LogP contribution in [-0.2, 0) is 0 Å². The van der Waals surface area contributed by atoms with Crippen LogP contribution in [-0.4, -0.2) is 4.57 Å². The fourth-order valence-electron chi connectivity index (χ4n) is 2.20. The molecule has 0 aliphatic carbocycles. The molecule has 0 atom stereocenters. The molecule has 0 bridgehead atoms. The second-order valence-corrected chi connectivity index (χ2v) is 4.56. The van der Waals surface area contributed by atoms with Crippen LogP contribution < -0.4 is 0 Å². The van der Waals surface area contributed by atoms with Crippen molar-refractivity contribution in [3.8, 4) is 0 Å². The standard InChI is InChI=1S/C17H15N/c1-13-7-9-15(10-8-13)14(2)18-12-11-16-5-3-4-6-17(16)18/h3-12H,2H2,1H3. The monoisotopic (exact) mass is 233 g/mol. The smallest absolute Gasteiger partial charge is 0.0528 e. The van der Waals surface area contributed by atoms with E-state index in [0.717, 1.165) is 11.3 Å². The van der Waals surface area contributed by atoms with Crippen molar-refractivity contribution in [2.45, 2.75) is 6.92 Å². The van der Waals surface area contributed by atoms with E-state index in [1.807, 2.05) is 0 Å². The van der Waals surface area contributed by atoms with Crippen molar-refractivity contribution < 1.29 is 0 Å². The van der Waals surface area contributed by atoms with Crippen LogP contribution >= 0.6 is 0 Å². The summed E-state index contributed by atoms with van der Waals surface area (Å²) in [6, 6.07) is 18.9. The number of aryl methyl sites for hydroxylation is 1. The van der Waals surface area contributed by atoms with E-state index in [-0.39, 0.29) is 0 Å². The Kier molecular flexibility index (Phi) is 2.52. The minimum Gasteiger partial charge on any atom is -0.317 e. The Morgan fingerprint density at radius 1 is 0.944 bits per heavy atom. The van der Waals surface area contributed by atoms with Crippen LogP contribution in [0.5, 0.6) is 0 Å². The van der Waals surface area contributed by atoms with E-state index in [1.54, 1.807) is 0 Å². The Hall–Kier alpha value is -2.28. The number of benzene rings is 2. The zero-order valence-electron chi connectivity index (χ0n) is 10.4. The molecule has 0 amide bonds. The topological polar surface area (TPSA) is 4.93 Å². The van der Waals surface area contributed by atoms with Gasteiger partial charge >= 0.3 is 0 Å². The average molecular weight is 233 g/mol. The average Bonchev–Trinajstić information content (AvgIpc) is 2.82. The number of fused-ring (bicyclic) bond motifs is 1. The molecule has 1 aromatic heterocycles. The summed E-state index contributed by atoms with van der Waals surface area (Å²) in [4.78, 5) is 0. The SMILES string of the molecule is C=C(c1ccc(C)cc1)n1ccc2ccccc21. The lowest BCUT2D eigenvalue weighted by molar-refractivity contribution is 1.17. The van der Waals surface area contributed by atoms with Crippen LogP contribution in [0.4, 0.5) is 0 Å². The Morgan fingerprint density at radius 3 is 2.44 bits per heavy atom. The van der Waals surface area contributed by atoms with Crippen LogP contribution in [0.1, 0.15) is 11.1 Å². The van der Waals surface area contributed by atoms with E-state index in [0.29, 0.717) is 0 Å². The molecule has 0 fully saturated rings. The number of nitrogens with zero attached hydrogens (tertiary/aromatic N) is 1. The summed E-state index contributed by atoms with van der Waals surface area (Å²) < 4.78 is 2.14. The van der Waals surface area contributed by atoms with E-state index in [1.165, 1.54) is 16.5 Å². The summed E-state index contributed by atoms with van der Waals surface area (Å²) in [5.74, 6) is 0. The second kappa shape index (κ2) is 4.19. The summed E-state index contributed by atoms with van der Waals surface area (Å²) in [5.41, 5.74) is 4.63. The molecule has 0 radical (unpaired) electrons. The van der Waals surface area contributed by atoms with Gasteiger partial charge < -0.3 is 4.57 Å². The molecule has 0 saturated carbocycles. The van der Waals surface area contributed by atoms with Crippen LogP contribution in [0.15, 0.2) is 67.4 Å². The third kappa shape index (κ3) is 1.74. The van der Waals surface area contributed by atoms with Crippen molar-refractivity contribution in [2.24, 2.45) is 0 Å². The molecule has 0 aliphatic rings. The van der Waals surface area contributed by atoms with Gasteiger partial charge in [0.05, 0.1) is 5.52 Å². The maximum atomic E-state index is 4.21. The summed E-state index contributed by atoms with van der Waals surface area (Å²) >= 11 is 0. The predicted molar refractivity (Wildman–Crippen MR) is 77.5 cm³/mol. The number of rotatable bonds is 2. The zero-order valence-corrected chi connectivity index (χ0v) is 10.4. The van der Waals surface area contributed by atoms with Gasteiger partial charge in [-0.05, 0) is 30.0 Å². The summed E-state index contributed by atoms with van der Waals surface area (Å²) in [6.07, 6.45) is 2.08. The zero-order chi connectivity index (χ0) is 12.5. The number of para-hydroxylation sites is 1. The van der Waals surface area contributed by atoms with E-state index in [2.05, 4.69) is 78.9 Å². The van der Waals surface area contributed by atoms with E-state index < -0.39 is 0 Å². The van der Waals surface area contributed by atoms with Gasteiger partial charge in [-0.3, -0.25) is 0 Å². The molecular formula is C17H15N. The Labute approximate surface area is 107 Å². The summed E-state index contributed by atoms with van der Waals surface area (Å²) in [6.45, 7) is 6.31.